The molecule has 0 unspecified atom stereocenters. The summed E-state index contributed by atoms with van der Waals surface area (Å²) in [6.45, 7) is 2.03. The summed E-state index contributed by atoms with van der Waals surface area (Å²) in [4.78, 5) is 32.6. The number of piperazine rings is 1. The molecule has 0 N–H and O–H groups in total. The summed E-state index contributed by atoms with van der Waals surface area (Å²) < 4.78 is 19.0. The monoisotopic (exact) mass is 479 g/mol. The van der Waals surface area contributed by atoms with Crippen LogP contribution in [0.4, 0.5) is 4.39 Å². The first kappa shape index (κ1) is 23.4. The van der Waals surface area contributed by atoms with Crippen molar-refractivity contribution in [3.8, 4) is 5.75 Å². The molecule has 6 nitrogen and oxygen atoms in total. The maximum atomic E-state index is 13.2. The van der Waals surface area contributed by atoms with E-state index in [0.717, 1.165) is 22.9 Å². The molecule has 34 heavy (non-hydrogen) atoms. The van der Waals surface area contributed by atoms with Gasteiger partial charge in [-0.05, 0) is 48.0 Å². The lowest BCUT2D eigenvalue weighted by molar-refractivity contribution is -0.127. The van der Waals surface area contributed by atoms with Crippen LogP contribution in [0.1, 0.15) is 21.5 Å². The summed E-state index contributed by atoms with van der Waals surface area (Å²) in [6, 6.07) is 15.0. The van der Waals surface area contributed by atoms with Crippen molar-refractivity contribution in [3.63, 3.8) is 0 Å². The number of benzene rings is 2. The molecule has 1 aliphatic heterocycles. The van der Waals surface area contributed by atoms with Crippen molar-refractivity contribution >= 4 is 29.5 Å². The van der Waals surface area contributed by atoms with E-state index in [1.165, 1.54) is 18.2 Å². The number of carbonyl (C=O) groups is 2. The lowest BCUT2D eigenvalue weighted by Crippen LogP contribution is -2.50. The van der Waals surface area contributed by atoms with Gasteiger partial charge in [-0.1, -0.05) is 29.8 Å². The Balaban J connectivity index is 1.26. The normalized spacial score (nSPS) is 13.8. The molecule has 2 amide bonds. The summed E-state index contributed by atoms with van der Waals surface area (Å²) in [5.41, 5.74) is 2.12. The van der Waals surface area contributed by atoms with Gasteiger partial charge in [0.2, 0.25) is 5.91 Å². The Hall–Kier alpha value is -3.71. The number of halogens is 2. The second kappa shape index (κ2) is 10.9. The molecule has 0 saturated carbocycles. The lowest BCUT2D eigenvalue weighted by atomic mass is 10.1. The fourth-order valence-electron chi connectivity index (χ4n) is 3.56. The second-order valence-electron chi connectivity index (χ2n) is 7.79. The Bertz CT molecular complexity index is 1180. The van der Waals surface area contributed by atoms with Crippen molar-refractivity contribution in [2.75, 3.05) is 26.2 Å². The number of aromatic nitrogens is 1. The zero-order valence-corrected chi connectivity index (χ0v) is 19.1. The van der Waals surface area contributed by atoms with Crippen LogP contribution in [0, 0.1) is 5.82 Å². The Kier molecular flexibility index (Phi) is 7.54. The topological polar surface area (TPSA) is 62.7 Å². The van der Waals surface area contributed by atoms with Gasteiger partial charge in [0.1, 0.15) is 18.2 Å². The van der Waals surface area contributed by atoms with Crippen LogP contribution < -0.4 is 4.74 Å². The highest BCUT2D eigenvalue weighted by Crippen LogP contribution is 2.20. The molecular formula is C26H23ClFN3O3. The summed E-state index contributed by atoms with van der Waals surface area (Å²) in [5, 5.41) is 0.0833. The van der Waals surface area contributed by atoms with Crippen molar-refractivity contribution in [2.45, 2.75) is 6.61 Å². The van der Waals surface area contributed by atoms with E-state index in [1.54, 1.807) is 28.3 Å². The molecule has 174 valence electrons. The number of ether oxygens (including phenoxy) is 1. The van der Waals surface area contributed by atoms with Crippen LogP contribution >= 0.6 is 11.6 Å². The third-order valence-electron chi connectivity index (χ3n) is 5.47. The molecule has 8 heteroatoms. The van der Waals surface area contributed by atoms with E-state index in [-0.39, 0.29) is 22.4 Å². The molecule has 1 aliphatic rings. The molecule has 0 spiro atoms. The smallest absolute Gasteiger partial charge is 0.255 e. The molecular weight excluding hydrogens is 457 g/mol. The Labute approximate surface area is 202 Å². The van der Waals surface area contributed by atoms with Crippen LogP contribution in [0.15, 0.2) is 73.1 Å². The molecule has 0 atom stereocenters. The van der Waals surface area contributed by atoms with Crippen LogP contribution in [0.2, 0.25) is 5.02 Å². The van der Waals surface area contributed by atoms with E-state index >= 15 is 0 Å². The molecule has 0 bridgehead atoms. The van der Waals surface area contributed by atoms with Gasteiger partial charge in [0, 0.05) is 50.2 Å². The second-order valence-corrected chi connectivity index (χ2v) is 8.20. The maximum absolute atomic E-state index is 13.2. The summed E-state index contributed by atoms with van der Waals surface area (Å²) in [5.74, 6) is -0.146. The molecule has 0 aliphatic carbocycles. The van der Waals surface area contributed by atoms with Crippen molar-refractivity contribution in [2.24, 2.45) is 0 Å². The quantitative estimate of drug-likeness (QED) is 0.490. The molecule has 2 aromatic carbocycles. The first-order chi connectivity index (χ1) is 16.5. The fraction of sp³-hybridized carbons (Fsp3) is 0.192. The minimum absolute atomic E-state index is 0.0833. The largest absolute Gasteiger partial charge is 0.489 e. The van der Waals surface area contributed by atoms with Crippen molar-refractivity contribution in [1.82, 2.24) is 14.8 Å². The van der Waals surface area contributed by atoms with E-state index in [4.69, 9.17) is 16.3 Å². The zero-order chi connectivity index (χ0) is 23.9. The van der Waals surface area contributed by atoms with E-state index in [9.17, 15) is 14.0 Å². The molecule has 1 saturated heterocycles. The predicted octanol–water partition coefficient (Wildman–Crippen LogP) is 4.45. The molecule has 2 heterocycles. The highest BCUT2D eigenvalue weighted by atomic mass is 35.5. The lowest BCUT2D eigenvalue weighted by Gasteiger charge is -2.34. The minimum Gasteiger partial charge on any atom is -0.489 e. The molecule has 1 aromatic heterocycles. The average molecular weight is 480 g/mol. The number of amides is 2. The van der Waals surface area contributed by atoms with Crippen molar-refractivity contribution < 1.29 is 18.7 Å². The highest BCUT2D eigenvalue weighted by Gasteiger charge is 2.25. The SMILES string of the molecule is O=C(/C=C/c1ccc(OCc2cccnc2)cc1)N1CCN(C(=O)c2ccc(F)cc2Cl)CC1. The first-order valence-electron chi connectivity index (χ1n) is 10.8. The van der Waals surface area contributed by atoms with E-state index in [1.807, 2.05) is 36.4 Å². The Morgan fingerprint density at radius 2 is 1.76 bits per heavy atom. The average Bonchev–Trinajstić information content (AvgIpc) is 2.87. The minimum atomic E-state index is -0.490. The zero-order valence-electron chi connectivity index (χ0n) is 18.4. The summed E-state index contributed by atoms with van der Waals surface area (Å²) >= 11 is 6.01. The van der Waals surface area contributed by atoms with Gasteiger partial charge in [0.15, 0.2) is 0 Å². The van der Waals surface area contributed by atoms with Crippen molar-refractivity contribution in [3.05, 3.63) is 101 Å². The van der Waals surface area contributed by atoms with Crippen LogP contribution in [0.3, 0.4) is 0 Å². The number of hydrogen-bond acceptors (Lipinski definition) is 4. The van der Waals surface area contributed by atoms with E-state index in [2.05, 4.69) is 4.98 Å². The fourth-order valence-corrected chi connectivity index (χ4v) is 3.81. The summed E-state index contributed by atoms with van der Waals surface area (Å²) in [7, 11) is 0. The van der Waals surface area contributed by atoms with Crippen LogP contribution in [-0.2, 0) is 11.4 Å². The number of rotatable bonds is 6. The van der Waals surface area contributed by atoms with Gasteiger partial charge in [-0.2, -0.15) is 0 Å². The highest BCUT2D eigenvalue weighted by molar-refractivity contribution is 6.33. The molecule has 4 rings (SSSR count). The van der Waals surface area contributed by atoms with Gasteiger partial charge in [-0.3, -0.25) is 14.6 Å². The molecule has 1 fully saturated rings. The summed E-state index contributed by atoms with van der Waals surface area (Å²) in [6.07, 6.45) is 6.76. The van der Waals surface area contributed by atoms with Gasteiger partial charge in [-0.15, -0.1) is 0 Å². The van der Waals surface area contributed by atoms with Gasteiger partial charge >= 0.3 is 0 Å². The maximum Gasteiger partial charge on any atom is 0.255 e. The standard InChI is InChI=1S/C26H23ClFN3O3/c27-24-16-21(28)6-9-23(24)26(33)31-14-12-30(13-15-31)25(32)10-5-19-3-7-22(8-4-19)34-18-20-2-1-11-29-17-20/h1-11,16-17H,12-15,18H2/b10-5+. The van der Waals surface area contributed by atoms with E-state index in [0.29, 0.717) is 32.8 Å². The number of hydrogen-bond donors (Lipinski definition) is 0. The predicted molar refractivity (Wildman–Crippen MR) is 128 cm³/mol. The van der Waals surface area contributed by atoms with E-state index < -0.39 is 5.82 Å². The van der Waals surface area contributed by atoms with Gasteiger partial charge in [0.05, 0.1) is 10.6 Å². The Morgan fingerprint density at radius 1 is 1.03 bits per heavy atom. The Morgan fingerprint density at radius 3 is 2.44 bits per heavy atom. The molecule has 3 aromatic rings. The van der Waals surface area contributed by atoms with Crippen LogP contribution in [0.5, 0.6) is 5.75 Å². The number of carbonyl (C=O) groups excluding carboxylic acids is 2. The van der Waals surface area contributed by atoms with Crippen LogP contribution in [0.25, 0.3) is 6.08 Å². The van der Waals surface area contributed by atoms with Gasteiger partial charge < -0.3 is 14.5 Å². The van der Waals surface area contributed by atoms with Crippen molar-refractivity contribution in [1.29, 1.82) is 0 Å². The third-order valence-corrected chi connectivity index (χ3v) is 5.78. The third kappa shape index (κ3) is 5.99. The van der Waals surface area contributed by atoms with Gasteiger partial charge in [0.25, 0.3) is 5.91 Å². The molecule has 0 radical (unpaired) electrons. The number of nitrogens with zero attached hydrogens (tertiary/aromatic N) is 3. The first-order valence-corrected chi connectivity index (χ1v) is 11.2. The number of pyridine rings is 1. The van der Waals surface area contributed by atoms with Crippen LogP contribution in [-0.4, -0.2) is 52.8 Å². The van der Waals surface area contributed by atoms with Gasteiger partial charge in [-0.25, -0.2) is 4.39 Å².